The van der Waals surface area contributed by atoms with Gasteiger partial charge >= 0.3 is 39.5 Å². The number of phosphoric acid groups is 2. The lowest BCUT2D eigenvalue weighted by atomic mass is 10.00. The number of aliphatic hydroxyl groups excluding tert-OH is 1. The first-order valence-corrected chi connectivity index (χ1v) is 38.2. The van der Waals surface area contributed by atoms with E-state index in [-0.39, 0.29) is 25.7 Å². The molecule has 0 radical (unpaired) electrons. The zero-order chi connectivity index (χ0) is 63.5. The summed E-state index contributed by atoms with van der Waals surface area (Å²) in [6.07, 6.45) is 45.8. The first-order valence-electron chi connectivity index (χ1n) is 35.2. The summed E-state index contributed by atoms with van der Waals surface area (Å²) in [5.74, 6) is -1.41. The topological polar surface area (TPSA) is 237 Å². The highest BCUT2D eigenvalue weighted by Crippen LogP contribution is 2.45. The van der Waals surface area contributed by atoms with E-state index < -0.39 is 97.5 Å². The van der Waals surface area contributed by atoms with Crippen LogP contribution in [-0.2, 0) is 65.4 Å². The molecule has 6 atom stereocenters. The second-order valence-electron chi connectivity index (χ2n) is 24.5. The summed E-state index contributed by atoms with van der Waals surface area (Å²) in [6, 6.07) is 0. The second-order valence-corrected chi connectivity index (χ2v) is 27.4. The lowest BCUT2D eigenvalue weighted by molar-refractivity contribution is -0.161. The van der Waals surface area contributed by atoms with Gasteiger partial charge in [-0.3, -0.25) is 37.3 Å². The van der Waals surface area contributed by atoms with Gasteiger partial charge in [-0.1, -0.05) is 291 Å². The maximum absolute atomic E-state index is 13.0. The molecule has 0 bridgehead atoms. The average Bonchev–Trinajstić information content (AvgIpc) is 3.68. The molecule has 0 heterocycles. The molecule has 17 nitrogen and oxygen atoms in total. The number of unbranched alkanes of at least 4 members (excludes halogenated alkanes) is 38. The molecule has 0 fully saturated rings. The van der Waals surface area contributed by atoms with Gasteiger partial charge in [0.15, 0.2) is 12.2 Å². The Balaban J connectivity index is 5.22. The van der Waals surface area contributed by atoms with Gasteiger partial charge in [-0.25, -0.2) is 9.13 Å². The molecule has 510 valence electrons. The largest absolute Gasteiger partial charge is 0.472 e. The van der Waals surface area contributed by atoms with Crippen LogP contribution in [0.25, 0.3) is 0 Å². The zero-order valence-corrected chi connectivity index (χ0v) is 57.2. The smallest absolute Gasteiger partial charge is 0.462 e. The van der Waals surface area contributed by atoms with E-state index in [1.807, 2.05) is 0 Å². The van der Waals surface area contributed by atoms with Gasteiger partial charge in [-0.05, 0) is 31.6 Å². The number of hydrogen-bond acceptors (Lipinski definition) is 15. The van der Waals surface area contributed by atoms with Crippen LogP contribution in [0.15, 0.2) is 0 Å². The highest BCUT2D eigenvalue weighted by atomic mass is 31.2. The van der Waals surface area contributed by atoms with Gasteiger partial charge in [0.25, 0.3) is 0 Å². The third-order valence-corrected chi connectivity index (χ3v) is 17.8. The predicted octanol–water partition coefficient (Wildman–Crippen LogP) is 19.0. The fraction of sp³-hybridized carbons (Fsp3) is 0.940. The molecule has 0 aromatic rings. The summed E-state index contributed by atoms with van der Waals surface area (Å²) in [4.78, 5) is 72.3. The van der Waals surface area contributed by atoms with E-state index in [4.69, 9.17) is 37.0 Å². The van der Waals surface area contributed by atoms with Crippen LogP contribution in [0.5, 0.6) is 0 Å². The Labute approximate surface area is 524 Å². The molecular weight excluding hydrogens is 1140 g/mol. The molecule has 86 heavy (non-hydrogen) atoms. The second kappa shape index (κ2) is 60.6. The molecule has 0 aromatic carbocycles. The minimum atomic E-state index is -4.95. The standard InChI is InChI=1S/C67H130O17P2/c1-6-10-13-16-19-22-24-25-26-27-28-30-33-36-42-47-52-66(71)83-62(56-78-65(70)51-46-41-35-32-29-23-20-17-14-11-7-2)58-81-85(73,74)79-54-61(68)55-80-86(75,76)82-59-63(57-77-64(69)50-45-40-34-31-21-18-15-12-8-3)84-67(72)53-48-43-38-37-39-44-49-60(5)9-4/h60-63,68H,6-59H2,1-5H3,(H,73,74)(H,75,76)/t60?,61-,62-,63-/m1/s1. The van der Waals surface area contributed by atoms with Crippen LogP contribution in [0.3, 0.4) is 0 Å². The van der Waals surface area contributed by atoms with Crippen LogP contribution in [0.1, 0.15) is 343 Å². The Hall–Kier alpha value is -1.94. The number of ether oxygens (including phenoxy) is 4. The number of carbonyl (C=O) groups is 4. The lowest BCUT2D eigenvalue weighted by Gasteiger charge is -2.21. The number of aliphatic hydroxyl groups is 1. The molecule has 0 aliphatic heterocycles. The molecule has 0 saturated carbocycles. The summed E-state index contributed by atoms with van der Waals surface area (Å²) in [5, 5.41) is 10.6. The van der Waals surface area contributed by atoms with Gasteiger partial charge in [0.2, 0.25) is 0 Å². The van der Waals surface area contributed by atoms with Gasteiger partial charge in [0.05, 0.1) is 26.4 Å². The first-order chi connectivity index (χ1) is 41.6. The molecule has 3 N–H and O–H groups in total. The van der Waals surface area contributed by atoms with Crippen LogP contribution in [0.4, 0.5) is 0 Å². The van der Waals surface area contributed by atoms with Gasteiger partial charge in [-0.2, -0.15) is 0 Å². The summed E-state index contributed by atoms with van der Waals surface area (Å²) in [5.41, 5.74) is 0. The number of esters is 4. The van der Waals surface area contributed by atoms with Gasteiger partial charge in [0.1, 0.15) is 19.3 Å². The van der Waals surface area contributed by atoms with Crippen molar-refractivity contribution >= 4 is 39.5 Å². The first kappa shape index (κ1) is 84.1. The van der Waals surface area contributed by atoms with Crippen LogP contribution in [0, 0.1) is 5.92 Å². The van der Waals surface area contributed by atoms with Crippen LogP contribution in [0.2, 0.25) is 0 Å². The Morgan fingerprint density at radius 2 is 0.558 bits per heavy atom. The number of rotatable bonds is 67. The highest BCUT2D eigenvalue weighted by Gasteiger charge is 2.30. The Bertz CT molecular complexity index is 1670. The van der Waals surface area contributed by atoms with E-state index in [1.54, 1.807) is 0 Å². The number of carbonyl (C=O) groups excluding carboxylic acids is 4. The summed E-state index contributed by atoms with van der Waals surface area (Å²) in [6.45, 7) is 7.16. The number of hydrogen-bond donors (Lipinski definition) is 3. The summed E-state index contributed by atoms with van der Waals surface area (Å²) >= 11 is 0. The van der Waals surface area contributed by atoms with Crippen molar-refractivity contribution in [3.63, 3.8) is 0 Å². The minimum absolute atomic E-state index is 0.103. The Kier molecular flexibility index (Phi) is 59.2. The SMILES string of the molecule is CCCCCCCCCCCCCCCCCCC(=O)O[C@H](COC(=O)CCCCCCCCCCCCC)COP(=O)(O)OC[C@@H](O)COP(=O)(O)OC[C@@H](COC(=O)CCCCCCCCCCC)OC(=O)CCCCCCCCC(C)CC. The molecule has 0 aliphatic rings. The predicted molar refractivity (Wildman–Crippen MR) is 345 cm³/mol. The van der Waals surface area contributed by atoms with E-state index in [0.717, 1.165) is 95.8 Å². The third-order valence-electron chi connectivity index (χ3n) is 15.9. The number of phosphoric ester groups is 2. The third kappa shape index (κ3) is 59.7. The highest BCUT2D eigenvalue weighted by molar-refractivity contribution is 7.47. The Morgan fingerprint density at radius 3 is 0.826 bits per heavy atom. The molecule has 19 heteroatoms. The van der Waals surface area contributed by atoms with Crippen LogP contribution < -0.4 is 0 Å². The summed E-state index contributed by atoms with van der Waals surface area (Å²) < 4.78 is 68.1. The fourth-order valence-electron chi connectivity index (χ4n) is 10.1. The van der Waals surface area contributed by atoms with E-state index in [1.165, 1.54) is 167 Å². The quantitative estimate of drug-likeness (QED) is 0.0222. The van der Waals surface area contributed by atoms with Crippen molar-refractivity contribution in [3.05, 3.63) is 0 Å². The monoisotopic (exact) mass is 1270 g/mol. The van der Waals surface area contributed by atoms with E-state index in [2.05, 4.69) is 34.6 Å². The molecule has 0 aliphatic carbocycles. The van der Waals surface area contributed by atoms with E-state index >= 15 is 0 Å². The van der Waals surface area contributed by atoms with Crippen molar-refractivity contribution in [2.45, 2.75) is 361 Å². The van der Waals surface area contributed by atoms with E-state index in [0.29, 0.717) is 25.7 Å². The van der Waals surface area contributed by atoms with Crippen molar-refractivity contribution in [1.29, 1.82) is 0 Å². The lowest BCUT2D eigenvalue weighted by Crippen LogP contribution is -2.30. The molecule has 0 amide bonds. The van der Waals surface area contributed by atoms with Crippen molar-refractivity contribution in [2.75, 3.05) is 39.6 Å². The minimum Gasteiger partial charge on any atom is -0.462 e. The Morgan fingerprint density at radius 1 is 0.326 bits per heavy atom. The van der Waals surface area contributed by atoms with Crippen LogP contribution >= 0.6 is 15.6 Å². The maximum Gasteiger partial charge on any atom is 0.472 e. The molecule has 3 unspecified atom stereocenters. The molecule has 0 aromatic heterocycles. The fourth-order valence-corrected chi connectivity index (χ4v) is 11.7. The van der Waals surface area contributed by atoms with Crippen molar-refractivity contribution in [3.8, 4) is 0 Å². The summed E-state index contributed by atoms with van der Waals surface area (Å²) in [7, 11) is -9.89. The average molecular weight is 1270 g/mol. The van der Waals surface area contributed by atoms with Crippen molar-refractivity contribution in [1.82, 2.24) is 0 Å². The maximum atomic E-state index is 13.0. The van der Waals surface area contributed by atoms with Crippen molar-refractivity contribution < 1.29 is 80.2 Å². The van der Waals surface area contributed by atoms with E-state index in [9.17, 15) is 43.2 Å². The van der Waals surface area contributed by atoms with Crippen molar-refractivity contribution in [2.24, 2.45) is 5.92 Å². The molecule has 0 saturated heterocycles. The molecule has 0 rings (SSSR count). The van der Waals surface area contributed by atoms with Gasteiger partial charge in [-0.15, -0.1) is 0 Å². The normalized spacial score (nSPS) is 14.5. The van der Waals surface area contributed by atoms with Crippen LogP contribution in [-0.4, -0.2) is 96.7 Å². The van der Waals surface area contributed by atoms with Gasteiger partial charge in [0, 0.05) is 25.7 Å². The zero-order valence-electron chi connectivity index (χ0n) is 55.4. The van der Waals surface area contributed by atoms with Gasteiger partial charge < -0.3 is 33.8 Å². The molecule has 0 spiro atoms. The molecular formula is C67H130O17P2.